The van der Waals surface area contributed by atoms with E-state index in [0.29, 0.717) is 5.92 Å². The highest BCUT2D eigenvalue weighted by Crippen LogP contribution is 2.09. The molecule has 2 aromatic rings. The molecule has 102 valence electrons. The van der Waals surface area contributed by atoms with Gasteiger partial charge in [0.15, 0.2) is 0 Å². The van der Waals surface area contributed by atoms with Gasteiger partial charge in [-0.1, -0.05) is 38.1 Å². The first-order chi connectivity index (χ1) is 9.24. The molecule has 1 aromatic carbocycles. The second-order valence-electron chi connectivity index (χ2n) is 5.27. The molecule has 2 N–H and O–H groups in total. The minimum atomic E-state index is 0.714. The standard InChI is InChI=1S/C15H22N4/c1-12(2)9-13-3-5-14(6-4-13)10-16-8-7-15-17-11-18-19-15/h3-6,11-12,16H,7-10H2,1-2H3,(H,17,18,19). The van der Waals surface area contributed by atoms with Crippen molar-refractivity contribution in [2.24, 2.45) is 5.92 Å². The number of nitrogens with one attached hydrogen (secondary N) is 2. The Balaban J connectivity index is 1.71. The van der Waals surface area contributed by atoms with Crippen LogP contribution in [-0.2, 0) is 19.4 Å². The number of hydrogen-bond acceptors (Lipinski definition) is 3. The molecule has 4 heteroatoms. The lowest BCUT2D eigenvalue weighted by Crippen LogP contribution is -2.17. The summed E-state index contributed by atoms with van der Waals surface area (Å²) in [6, 6.07) is 8.87. The third-order valence-electron chi connectivity index (χ3n) is 3.00. The molecular weight excluding hydrogens is 236 g/mol. The summed E-state index contributed by atoms with van der Waals surface area (Å²) in [5.41, 5.74) is 2.74. The normalized spacial score (nSPS) is 11.1. The predicted molar refractivity (Wildman–Crippen MR) is 76.8 cm³/mol. The number of nitrogens with zero attached hydrogens (tertiary/aromatic N) is 2. The Hall–Kier alpha value is -1.68. The van der Waals surface area contributed by atoms with Crippen LogP contribution in [0, 0.1) is 5.92 Å². The number of rotatable bonds is 7. The van der Waals surface area contributed by atoms with Crippen LogP contribution in [0.4, 0.5) is 0 Å². The molecule has 0 bridgehead atoms. The van der Waals surface area contributed by atoms with Crippen molar-refractivity contribution in [2.75, 3.05) is 6.54 Å². The molecule has 0 atom stereocenters. The number of H-pyrrole nitrogens is 1. The van der Waals surface area contributed by atoms with Crippen LogP contribution in [0.1, 0.15) is 30.8 Å². The fourth-order valence-corrected chi connectivity index (χ4v) is 2.06. The second kappa shape index (κ2) is 7.04. The third-order valence-corrected chi connectivity index (χ3v) is 3.00. The maximum absolute atomic E-state index is 4.09. The van der Waals surface area contributed by atoms with Gasteiger partial charge in [-0.2, -0.15) is 5.10 Å². The van der Waals surface area contributed by atoms with E-state index in [1.807, 2.05) is 0 Å². The van der Waals surface area contributed by atoms with E-state index in [9.17, 15) is 0 Å². The summed E-state index contributed by atoms with van der Waals surface area (Å²) in [5, 5.41) is 10.1. The maximum atomic E-state index is 4.09. The van der Waals surface area contributed by atoms with Gasteiger partial charge < -0.3 is 5.32 Å². The smallest absolute Gasteiger partial charge is 0.137 e. The lowest BCUT2D eigenvalue weighted by Gasteiger charge is -2.07. The average Bonchev–Trinajstić information content (AvgIpc) is 2.89. The molecule has 0 aliphatic rings. The van der Waals surface area contributed by atoms with Crippen molar-refractivity contribution < 1.29 is 0 Å². The number of hydrogen-bond donors (Lipinski definition) is 2. The summed E-state index contributed by atoms with van der Waals surface area (Å²) in [4.78, 5) is 4.09. The molecule has 1 heterocycles. The van der Waals surface area contributed by atoms with Gasteiger partial charge in [0, 0.05) is 19.5 Å². The van der Waals surface area contributed by atoms with Crippen LogP contribution >= 0.6 is 0 Å². The first-order valence-electron chi connectivity index (χ1n) is 6.87. The van der Waals surface area contributed by atoms with Crippen LogP contribution in [0.2, 0.25) is 0 Å². The highest BCUT2D eigenvalue weighted by atomic mass is 15.2. The molecule has 19 heavy (non-hydrogen) atoms. The van der Waals surface area contributed by atoms with Crippen molar-refractivity contribution in [3.8, 4) is 0 Å². The van der Waals surface area contributed by atoms with E-state index < -0.39 is 0 Å². The summed E-state index contributed by atoms with van der Waals surface area (Å²) >= 11 is 0. The summed E-state index contributed by atoms with van der Waals surface area (Å²) in [6.07, 6.45) is 3.58. The molecule has 2 rings (SSSR count). The second-order valence-corrected chi connectivity index (χ2v) is 5.27. The lowest BCUT2D eigenvalue weighted by atomic mass is 10.0. The molecule has 4 nitrogen and oxygen atoms in total. The zero-order chi connectivity index (χ0) is 13.5. The third kappa shape index (κ3) is 4.83. The van der Waals surface area contributed by atoms with Crippen LogP contribution in [0.5, 0.6) is 0 Å². The minimum absolute atomic E-state index is 0.714. The summed E-state index contributed by atoms with van der Waals surface area (Å²) < 4.78 is 0. The van der Waals surface area contributed by atoms with Crippen LogP contribution < -0.4 is 5.32 Å². The Bertz CT molecular complexity index is 459. The maximum Gasteiger partial charge on any atom is 0.137 e. The van der Waals surface area contributed by atoms with Gasteiger partial charge in [-0.25, -0.2) is 4.98 Å². The largest absolute Gasteiger partial charge is 0.312 e. The highest BCUT2D eigenvalue weighted by Gasteiger charge is 1.99. The van der Waals surface area contributed by atoms with Crippen molar-refractivity contribution in [2.45, 2.75) is 33.2 Å². The summed E-state index contributed by atoms with van der Waals surface area (Å²) in [6.45, 7) is 6.30. The van der Waals surface area contributed by atoms with Crippen LogP contribution in [0.25, 0.3) is 0 Å². The monoisotopic (exact) mass is 258 g/mol. The SMILES string of the molecule is CC(C)Cc1ccc(CNCCc2ncn[nH]2)cc1. The van der Waals surface area contributed by atoms with E-state index in [2.05, 4.69) is 58.6 Å². The van der Waals surface area contributed by atoms with E-state index in [1.54, 1.807) is 6.33 Å². The zero-order valence-corrected chi connectivity index (χ0v) is 11.7. The van der Waals surface area contributed by atoms with E-state index in [0.717, 1.165) is 31.8 Å². The van der Waals surface area contributed by atoms with Gasteiger partial charge in [0.05, 0.1) is 0 Å². The fourth-order valence-electron chi connectivity index (χ4n) is 2.06. The molecule has 0 unspecified atom stereocenters. The van der Waals surface area contributed by atoms with Gasteiger partial charge >= 0.3 is 0 Å². The molecule has 0 saturated carbocycles. The van der Waals surface area contributed by atoms with Crippen LogP contribution in [0.3, 0.4) is 0 Å². The Kier molecular flexibility index (Phi) is 5.10. The fraction of sp³-hybridized carbons (Fsp3) is 0.467. The molecule has 0 saturated heterocycles. The Morgan fingerprint density at radius 3 is 2.53 bits per heavy atom. The predicted octanol–water partition coefficient (Wildman–Crippen LogP) is 2.34. The van der Waals surface area contributed by atoms with E-state index >= 15 is 0 Å². The molecule has 0 spiro atoms. The van der Waals surface area contributed by atoms with Gasteiger partial charge in [-0.05, 0) is 23.5 Å². The van der Waals surface area contributed by atoms with Gasteiger partial charge in [-0.3, -0.25) is 5.10 Å². The summed E-state index contributed by atoms with van der Waals surface area (Å²) in [7, 11) is 0. The molecule has 0 aliphatic heterocycles. The van der Waals surface area contributed by atoms with E-state index in [4.69, 9.17) is 0 Å². The van der Waals surface area contributed by atoms with Crippen LogP contribution in [-0.4, -0.2) is 21.7 Å². The first-order valence-corrected chi connectivity index (χ1v) is 6.87. The average molecular weight is 258 g/mol. The first kappa shape index (κ1) is 13.7. The molecular formula is C15H22N4. The molecule has 0 radical (unpaired) electrons. The molecule has 0 amide bonds. The van der Waals surface area contributed by atoms with Gasteiger partial charge in [-0.15, -0.1) is 0 Å². The zero-order valence-electron chi connectivity index (χ0n) is 11.7. The number of aromatic amines is 1. The quantitative estimate of drug-likeness (QED) is 0.749. The number of benzene rings is 1. The van der Waals surface area contributed by atoms with E-state index in [-0.39, 0.29) is 0 Å². The Morgan fingerprint density at radius 2 is 1.89 bits per heavy atom. The molecule has 1 aromatic heterocycles. The van der Waals surface area contributed by atoms with Crippen molar-refractivity contribution in [1.29, 1.82) is 0 Å². The minimum Gasteiger partial charge on any atom is -0.312 e. The van der Waals surface area contributed by atoms with Crippen molar-refractivity contribution in [1.82, 2.24) is 20.5 Å². The Labute approximate surface area is 114 Å². The van der Waals surface area contributed by atoms with Gasteiger partial charge in [0.2, 0.25) is 0 Å². The molecule has 0 fully saturated rings. The number of aromatic nitrogens is 3. The van der Waals surface area contributed by atoms with Crippen molar-refractivity contribution in [3.05, 3.63) is 47.5 Å². The van der Waals surface area contributed by atoms with Crippen molar-refractivity contribution in [3.63, 3.8) is 0 Å². The molecule has 0 aliphatic carbocycles. The highest BCUT2D eigenvalue weighted by molar-refractivity contribution is 5.22. The lowest BCUT2D eigenvalue weighted by molar-refractivity contribution is 0.646. The Morgan fingerprint density at radius 1 is 1.16 bits per heavy atom. The van der Waals surface area contributed by atoms with Crippen LogP contribution in [0.15, 0.2) is 30.6 Å². The van der Waals surface area contributed by atoms with E-state index in [1.165, 1.54) is 11.1 Å². The van der Waals surface area contributed by atoms with Gasteiger partial charge in [0.1, 0.15) is 12.2 Å². The summed E-state index contributed by atoms with van der Waals surface area (Å²) in [5.74, 6) is 1.64. The van der Waals surface area contributed by atoms with Gasteiger partial charge in [0.25, 0.3) is 0 Å². The topological polar surface area (TPSA) is 53.6 Å². The van der Waals surface area contributed by atoms with Crippen molar-refractivity contribution >= 4 is 0 Å².